The number of halogens is 1. The maximum absolute atomic E-state index is 13.7. The number of nitrogens with zero attached hydrogens (tertiary/aromatic N) is 1. The van der Waals surface area contributed by atoms with Gasteiger partial charge in [0.1, 0.15) is 5.75 Å². The predicted molar refractivity (Wildman–Crippen MR) is 100 cm³/mol. The van der Waals surface area contributed by atoms with Crippen molar-refractivity contribution in [3.8, 4) is 11.5 Å². The fraction of sp³-hybridized carbons (Fsp3) is 0.263. The maximum Gasteiger partial charge on any atom is 0.311 e. The number of non-ortho nitro benzene ring substituents is 1. The van der Waals surface area contributed by atoms with E-state index in [1.165, 1.54) is 45.4 Å². The van der Waals surface area contributed by atoms with Crippen LogP contribution < -0.4 is 14.8 Å². The number of esters is 1. The zero-order valence-electron chi connectivity index (χ0n) is 15.9. The summed E-state index contributed by atoms with van der Waals surface area (Å²) < 4.78 is 28.6. The molecular formula is C19H19FN2O7. The van der Waals surface area contributed by atoms with E-state index in [0.29, 0.717) is 5.56 Å². The van der Waals surface area contributed by atoms with Crippen LogP contribution in [0.3, 0.4) is 0 Å². The van der Waals surface area contributed by atoms with E-state index in [2.05, 4.69) is 5.32 Å². The van der Waals surface area contributed by atoms with Crippen molar-refractivity contribution in [2.75, 3.05) is 19.5 Å². The first-order valence-corrected chi connectivity index (χ1v) is 8.40. The molecule has 2 aromatic carbocycles. The van der Waals surface area contributed by atoms with Gasteiger partial charge in [0.2, 0.25) is 0 Å². The molecule has 29 heavy (non-hydrogen) atoms. The number of methoxy groups -OCH3 is 2. The fourth-order valence-electron chi connectivity index (χ4n) is 2.41. The van der Waals surface area contributed by atoms with Crippen LogP contribution in [0.2, 0.25) is 0 Å². The van der Waals surface area contributed by atoms with Crippen molar-refractivity contribution in [2.24, 2.45) is 0 Å². The summed E-state index contributed by atoms with van der Waals surface area (Å²) in [7, 11) is 2.62. The lowest BCUT2D eigenvalue weighted by molar-refractivity contribution is -0.384. The first-order chi connectivity index (χ1) is 13.7. The van der Waals surface area contributed by atoms with Crippen LogP contribution in [0.25, 0.3) is 0 Å². The van der Waals surface area contributed by atoms with E-state index >= 15 is 0 Å². The quantitative estimate of drug-likeness (QED) is 0.407. The van der Waals surface area contributed by atoms with Crippen LogP contribution in [0, 0.1) is 15.9 Å². The molecule has 0 saturated heterocycles. The molecule has 0 bridgehead atoms. The van der Waals surface area contributed by atoms with Gasteiger partial charge in [-0.3, -0.25) is 19.7 Å². The third kappa shape index (κ3) is 5.64. The Morgan fingerprint density at radius 3 is 2.41 bits per heavy atom. The summed E-state index contributed by atoms with van der Waals surface area (Å²) in [6.45, 7) is 1.36. The monoisotopic (exact) mass is 406 g/mol. The number of nitro benzene ring substituents is 1. The summed E-state index contributed by atoms with van der Waals surface area (Å²) >= 11 is 0. The van der Waals surface area contributed by atoms with E-state index in [4.69, 9.17) is 14.2 Å². The van der Waals surface area contributed by atoms with E-state index in [1.807, 2.05) is 0 Å². The Bertz CT molecular complexity index is 933. The second kappa shape index (κ2) is 9.49. The fourth-order valence-corrected chi connectivity index (χ4v) is 2.41. The lowest BCUT2D eigenvalue weighted by atomic mass is 10.1. The van der Waals surface area contributed by atoms with Gasteiger partial charge in [0.15, 0.2) is 17.7 Å². The molecule has 2 rings (SSSR count). The van der Waals surface area contributed by atoms with Crippen molar-refractivity contribution in [2.45, 2.75) is 19.4 Å². The van der Waals surface area contributed by atoms with Crippen molar-refractivity contribution in [3.63, 3.8) is 0 Å². The minimum atomic E-state index is -1.16. The number of benzene rings is 2. The lowest BCUT2D eigenvalue weighted by Crippen LogP contribution is -2.30. The maximum atomic E-state index is 13.7. The van der Waals surface area contributed by atoms with Gasteiger partial charge in [-0.25, -0.2) is 4.39 Å². The van der Waals surface area contributed by atoms with Gasteiger partial charge in [-0.2, -0.15) is 0 Å². The number of anilines is 1. The highest BCUT2D eigenvalue weighted by Crippen LogP contribution is 2.29. The zero-order chi connectivity index (χ0) is 21.6. The molecule has 0 radical (unpaired) electrons. The van der Waals surface area contributed by atoms with E-state index < -0.39 is 28.7 Å². The average Bonchev–Trinajstić information content (AvgIpc) is 2.68. The second-order valence-electron chi connectivity index (χ2n) is 5.91. The number of carbonyl (C=O) groups is 2. The molecule has 0 heterocycles. The Morgan fingerprint density at radius 1 is 1.14 bits per heavy atom. The van der Waals surface area contributed by atoms with Gasteiger partial charge < -0.3 is 19.5 Å². The first-order valence-electron chi connectivity index (χ1n) is 8.40. The van der Waals surface area contributed by atoms with Gasteiger partial charge in [-0.05, 0) is 30.7 Å². The Morgan fingerprint density at radius 2 is 1.83 bits per heavy atom. The number of rotatable bonds is 8. The molecule has 0 spiro atoms. The number of hydrogen-bond acceptors (Lipinski definition) is 7. The van der Waals surface area contributed by atoms with Gasteiger partial charge in [-0.1, -0.05) is 6.07 Å². The lowest BCUT2D eigenvalue weighted by Gasteiger charge is -2.15. The number of ether oxygens (including phenoxy) is 3. The van der Waals surface area contributed by atoms with E-state index in [0.717, 1.165) is 12.1 Å². The Hall–Kier alpha value is -3.69. The van der Waals surface area contributed by atoms with Gasteiger partial charge in [-0.15, -0.1) is 0 Å². The molecule has 0 fully saturated rings. The number of carbonyl (C=O) groups excluding carboxylic acids is 2. The molecule has 9 nitrogen and oxygen atoms in total. The summed E-state index contributed by atoms with van der Waals surface area (Å²) in [5, 5.41) is 13.3. The van der Waals surface area contributed by atoms with Gasteiger partial charge in [0, 0.05) is 6.07 Å². The van der Waals surface area contributed by atoms with Crippen LogP contribution >= 0.6 is 0 Å². The predicted octanol–water partition coefficient (Wildman–Crippen LogP) is 2.86. The highest BCUT2D eigenvalue weighted by Gasteiger charge is 2.21. The van der Waals surface area contributed by atoms with Crippen LogP contribution in [0.4, 0.5) is 15.8 Å². The molecule has 2 aromatic rings. The molecule has 0 aromatic heterocycles. The summed E-state index contributed by atoms with van der Waals surface area (Å²) in [6, 6.07) is 7.71. The van der Waals surface area contributed by atoms with Crippen LogP contribution in [0.15, 0.2) is 36.4 Å². The van der Waals surface area contributed by atoms with E-state index in [-0.39, 0.29) is 29.3 Å². The van der Waals surface area contributed by atoms with Crippen molar-refractivity contribution in [1.82, 2.24) is 0 Å². The molecular weight excluding hydrogens is 387 g/mol. The van der Waals surface area contributed by atoms with Crippen molar-refractivity contribution in [1.29, 1.82) is 0 Å². The molecule has 0 aliphatic heterocycles. The third-order valence-corrected chi connectivity index (χ3v) is 3.90. The summed E-state index contributed by atoms with van der Waals surface area (Å²) in [5.74, 6) is -1.88. The molecule has 0 unspecified atom stereocenters. The Balaban J connectivity index is 1.99. The standard InChI is InChI=1S/C19H19FN2O7/c1-11(29-18(23)9-12-4-7-16(27-2)14(20)8-12)19(24)21-15-6-5-13(22(25)26)10-17(15)28-3/h4-8,10-11H,9H2,1-3H3,(H,21,24)/t11-/m0/s1. The van der Waals surface area contributed by atoms with Gasteiger partial charge in [0.05, 0.1) is 37.3 Å². The minimum absolute atomic E-state index is 0.0481. The van der Waals surface area contributed by atoms with Gasteiger partial charge >= 0.3 is 5.97 Å². The van der Waals surface area contributed by atoms with E-state index in [9.17, 15) is 24.1 Å². The first kappa shape index (κ1) is 21.6. The topological polar surface area (TPSA) is 117 Å². The molecule has 1 N–H and O–H groups in total. The van der Waals surface area contributed by atoms with Crippen LogP contribution in [0.5, 0.6) is 11.5 Å². The summed E-state index contributed by atoms with van der Waals surface area (Å²) in [4.78, 5) is 34.5. The van der Waals surface area contributed by atoms with Crippen LogP contribution in [0.1, 0.15) is 12.5 Å². The van der Waals surface area contributed by atoms with Crippen molar-refractivity contribution < 1.29 is 33.1 Å². The Labute approximate surface area is 165 Å². The molecule has 0 saturated carbocycles. The SMILES string of the molecule is COc1ccc(CC(=O)O[C@@H](C)C(=O)Nc2ccc([N+](=O)[O-])cc2OC)cc1F. The van der Waals surface area contributed by atoms with Crippen LogP contribution in [-0.4, -0.2) is 37.1 Å². The second-order valence-corrected chi connectivity index (χ2v) is 5.91. The smallest absolute Gasteiger partial charge is 0.311 e. The van der Waals surface area contributed by atoms with Crippen molar-refractivity contribution in [3.05, 3.63) is 57.9 Å². The van der Waals surface area contributed by atoms with Crippen molar-refractivity contribution >= 4 is 23.3 Å². The van der Waals surface area contributed by atoms with E-state index in [1.54, 1.807) is 0 Å². The number of nitro groups is 1. The average molecular weight is 406 g/mol. The third-order valence-electron chi connectivity index (χ3n) is 3.90. The Kier molecular flexibility index (Phi) is 7.07. The molecule has 154 valence electrons. The number of amides is 1. The molecule has 1 atom stereocenters. The normalized spacial score (nSPS) is 11.3. The summed E-state index contributed by atoms with van der Waals surface area (Å²) in [5.41, 5.74) is 0.340. The highest BCUT2D eigenvalue weighted by molar-refractivity contribution is 5.96. The largest absolute Gasteiger partial charge is 0.494 e. The molecule has 0 aliphatic rings. The number of nitrogens with one attached hydrogen (secondary N) is 1. The zero-order valence-corrected chi connectivity index (χ0v) is 15.9. The molecule has 0 aliphatic carbocycles. The molecule has 1 amide bonds. The summed E-state index contributed by atoms with van der Waals surface area (Å²) in [6.07, 6.45) is -1.40. The highest BCUT2D eigenvalue weighted by atomic mass is 19.1. The minimum Gasteiger partial charge on any atom is -0.494 e. The molecule has 10 heteroatoms. The van der Waals surface area contributed by atoms with Gasteiger partial charge in [0.25, 0.3) is 11.6 Å². The van der Waals surface area contributed by atoms with Crippen LogP contribution in [-0.2, 0) is 20.7 Å². The number of hydrogen-bond donors (Lipinski definition) is 1.